The number of rotatable bonds is 14. The van der Waals surface area contributed by atoms with Crippen LogP contribution < -0.4 is 0 Å². The summed E-state index contributed by atoms with van der Waals surface area (Å²) in [6.45, 7) is 4.47. The molecule has 0 amide bonds. The Balaban J connectivity index is 2.08. The molecular formula is C22H32O4S6. The first kappa shape index (κ1) is 28.5. The lowest BCUT2D eigenvalue weighted by Crippen LogP contribution is -2.08. The first-order chi connectivity index (χ1) is 15.5. The van der Waals surface area contributed by atoms with Gasteiger partial charge in [-0.3, -0.25) is 0 Å². The number of thioether (sulfide) groups is 6. The summed E-state index contributed by atoms with van der Waals surface area (Å²) in [5.74, 6) is 1.28. The van der Waals surface area contributed by atoms with Crippen molar-refractivity contribution in [3.05, 3.63) is 26.8 Å². The summed E-state index contributed by atoms with van der Waals surface area (Å²) in [5, 5.41) is 0. The highest BCUT2D eigenvalue weighted by Gasteiger charge is 2.36. The van der Waals surface area contributed by atoms with Crippen LogP contribution in [-0.4, -0.2) is 37.7 Å². The topological polar surface area (TPSA) is 52.6 Å². The van der Waals surface area contributed by atoms with Gasteiger partial charge in [-0.2, -0.15) is 0 Å². The van der Waals surface area contributed by atoms with Crippen molar-refractivity contribution >= 4 is 82.5 Å². The molecule has 0 aliphatic carbocycles. The minimum atomic E-state index is -0.490. The van der Waals surface area contributed by atoms with Crippen molar-refractivity contribution in [2.75, 3.05) is 25.7 Å². The minimum Gasteiger partial charge on any atom is -0.465 e. The zero-order chi connectivity index (χ0) is 23.3. The number of unbranched alkanes of at least 4 members (excludes halogenated alkanes) is 6. The van der Waals surface area contributed by atoms with Gasteiger partial charge in [-0.1, -0.05) is 99.4 Å². The van der Waals surface area contributed by atoms with E-state index in [-0.39, 0.29) is 0 Å². The lowest BCUT2D eigenvalue weighted by molar-refractivity contribution is -0.138. The molecule has 0 N–H and O–H groups in total. The summed E-state index contributed by atoms with van der Waals surface area (Å²) < 4.78 is 14.6. The number of hydrogen-bond acceptors (Lipinski definition) is 10. The maximum atomic E-state index is 12.2. The highest BCUT2D eigenvalue weighted by atomic mass is 32.3. The van der Waals surface area contributed by atoms with Gasteiger partial charge in [0.2, 0.25) is 0 Å². The van der Waals surface area contributed by atoms with Gasteiger partial charge in [0, 0.05) is 0 Å². The molecule has 0 saturated heterocycles. The second kappa shape index (κ2) is 16.0. The number of esters is 2. The van der Waals surface area contributed by atoms with Gasteiger partial charge >= 0.3 is 11.9 Å². The van der Waals surface area contributed by atoms with E-state index < -0.39 is 11.9 Å². The maximum absolute atomic E-state index is 12.2. The maximum Gasteiger partial charge on any atom is 0.346 e. The molecule has 0 bridgehead atoms. The van der Waals surface area contributed by atoms with E-state index in [4.69, 9.17) is 9.47 Å². The molecule has 2 aliphatic rings. The summed E-state index contributed by atoms with van der Waals surface area (Å²) in [6.07, 6.45) is 10.1. The van der Waals surface area contributed by atoms with Gasteiger partial charge in [-0.25, -0.2) is 9.59 Å². The van der Waals surface area contributed by atoms with Crippen molar-refractivity contribution < 1.29 is 19.1 Å². The van der Waals surface area contributed by atoms with Crippen LogP contribution in [0.15, 0.2) is 26.8 Å². The first-order valence-corrected chi connectivity index (χ1v) is 16.2. The molecule has 0 aromatic carbocycles. The molecule has 4 nitrogen and oxygen atoms in total. The summed E-state index contributed by atoms with van der Waals surface area (Å²) in [4.78, 5) is 25.1. The quantitative estimate of drug-likeness (QED) is 0.155. The monoisotopic (exact) mass is 552 g/mol. The van der Waals surface area contributed by atoms with E-state index in [0.717, 1.165) is 20.0 Å². The van der Waals surface area contributed by atoms with Gasteiger partial charge in [-0.05, 0) is 24.3 Å². The van der Waals surface area contributed by atoms with E-state index in [1.54, 1.807) is 23.5 Å². The lowest BCUT2D eigenvalue weighted by Gasteiger charge is -2.05. The van der Waals surface area contributed by atoms with Crippen LogP contribution in [0.5, 0.6) is 0 Å². The van der Waals surface area contributed by atoms with Crippen LogP contribution in [0.25, 0.3) is 0 Å². The number of ether oxygens (including phenoxy) is 2. The van der Waals surface area contributed by atoms with Crippen LogP contribution in [0.3, 0.4) is 0 Å². The molecular weight excluding hydrogens is 521 g/mol. The average molecular weight is 553 g/mol. The Morgan fingerprint density at radius 3 is 1.44 bits per heavy atom. The predicted octanol–water partition coefficient (Wildman–Crippen LogP) is 8.38. The highest BCUT2D eigenvalue weighted by Crippen LogP contribution is 2.63. The van der Waals surface area contributed by atoms with Crippen LogP contribution in [0.1, 0.15) is 65.2 Å². The fraction of sp³-hybridized carbons (Fsp3) is 0.636. The van der Waals surface area contributed by atoms with Crippen molar-refractivity contribution in [3.63, 3.8) is 0 Å². The summed E-state index contributed by atoms with van der Waals surface area (Å²) in [7, 11) is 2.67. The molecule has 0 radical (unpaired) electrons. The van der Waals surface area contributed by atoms with Gasteiger partial charge < -0.3 is 9.47 Å². The number of carbonyl (C=O) groups is 2. The number of hydrogen-bond donors (Lipinski definition) is 0. The predicted molar refractivity (Wildman–Crippen MR) is 149 cm³/mol. The molecule has 0 fully saturated rings. The van der Waals surface area contributed by atoms with Crippen molar-refractivity contribution in [1.82, 2.24) is 0 Å². The van der Waals surface area contributed by atoms with Crippen LogP contribution in [0, 0.1) is 0 Å². The normalized spacial score (nSPS) is 16.4. The summed E-state index contributed by atoms with van der Waals surface area (Å²) >= 11 is 10.1. The van der Waals surface area contributed by atoms with Gasteiger partial charge in [0.25, 0.3) is 0 Å². The average Bonchev–Trinajstić information content (AvgIpc) is 3.42. The van der Waals surface area contributed by atoms with E-state index in [2.05, 4.69) is 13.8 Å². The van der Waals surface area contributed by atoms with E-state index in [1.807, 2.05) is 23.5 Å². The SMILES string of the molecule is CCCCCCSC1=C(SCCCCCC)SC(=C2SC(C(=O)OC)=C(C(=O)OC)S2)S1. The molecule has 2 heterocycles. The molecule has 10 heteroatoms. The van der Waals surface area contributed by atoms with Gasteiger partial charge in [0.05, 0.1) is 31.2 Å². The van der Waals surface area contributed by atoms with E-state index in [1.165, 1.54) is 97.6 Å². The Bertz CT molecular complexity index is 702. The van der Waals surface area contributed by atoms with Crippen LogP contribution in [0.4, 0.5) is 0 Å². The molecule has 0 unspecified atom stereocenters. The Hall–Kier alpha value is 0.260. The van der Waals surface area contributed by atoms with Crippen molar-refractivity contribution in [2.24, 2.45) is 0 Å². The van der Waals surface area contributed by atoms with Crippen molar-refractivity contribution in [2.45, 2.75) is 65.2 Å². The summed E-state index contributed by atoms with van der Waals surface area (Å²) in [5.41, 5.74) is 0. The minimum absolute atomic E-state index is 0.322. The van der Waals surface area contributed by atoms with E-state index in [9.17, 15) is 9.59 Å². The van der Waals surface area contributed by atoms with Crippen LogP contribution in [0.2, 0.25) is 0 Å². The highest BCUT2D eigenvalue weighted by molar-refractivity contribution is 8.42. The van der Waals surface area contributed by atoms with Crippen molar-refractivity contribution in [3.8, 4) is 0 Å². The molecule has 0 saturated carbocycles. The fourth-order valence-electron chi connectivity index (χ4n) is 2.76. The van der Waals surface area contributed by atoms with Gasteiger partial charge in [0.15, 0.2) is 0 Å². The Kier molecular flexibility index (Phi) is 14.3. The van der Waals surface area contributed by atoms with E-state index in [0.29, 0.717) is 9.81 Å². The fourth-order valence-corrected chi connectivity index (χ4v) is 11.5. The molecule has 0 spiro atoms. The van der Waals surface area contributed by atoms with Gasteiger partial charge in [-0.15, -0.1) is 23.5 Å². The largest absolute Gasteiger partial charge is 0.465 e. The molecule has 2 aliphatic heterocycles. The molecule has 0 aromatic heterocycles. The Morgan fingerprint density at radius 2 is 1.06 bits per heavy atom. The number of carbonyl (C=O) groups excluding carboxylic acids is 2. The molecule has 32 heavy (non-hydrogen) atoms. The third-order valence-electron chi connectivity index (χ3n) is 4.50. The molecule has 180 valence electrons. The van der Waals surface area contributed by atoms with Crippen LogP contribution in [-0.2, 0) is 19.1 Å². The van der Waals surface area contributed by atoms with Gasteiger partial charge in [0.1, 0.15) is 9.81 Å². The Morgan fingerprint density at radius 1 is 0.656 bits per heavy atom. The third kappa shape index (κ3) is 8.80. The zero-order valence-electron chi connectivity index (χ0n) is 19.2. The third-order valence-corrected chi connectivity index (χ3v) is 13.3. The van der Waals surface area contributed by atoms with Crippen molar-refractivity contribution in [1.29, 1.82) is 0 Å². The second-order valence-electron chi connectivity index (χ2n) is 7.02. The number of methoxy groups -OCH3 is 2. The Labute approximate surface area is 218 Å². The zero-order valence-corrected chi connectivity index (χ0v) is 24.1. The molecule has 2 rings (SSSR count). The first-order valence-electron chi connectivity index (χ1n) is 10.9. The molecule has 0 aromatic rings. The smallest absolute Gasteiger partial charge is 0.346 e. The summed E-state index contributed by atoms with van der Waals surface area (Å²) in [6, 6.07) is 0. The van der Waals surface area contributed by atoms with E-state index >= 15 is 0 Å². The standard InChI is InChI=1S/C22H32O4S6/c1-5-7-9-11-13-27-19-20(28-14-12-10-8-6-2)32-22(31-19)21-29-15(17(23)25-3)16(30-21)18(24)26-4/h5-14H2,1-4H3. The molecule has 0 atom stereocenters. The lowest BCUT2D eigenvalue weighted by atomic mass is 10.2. The van der Waals surface area contributed by atoms with Crippen LogP contribution >= 0.6 is 70.6 Å². The second-order valence-corrected chi connectivity index (χ2v) is 14.3.